The van der Waals surface area contributed by atoms with Crippen LogP contribution >= 0.6 is 11.8 Å². The van der Waals surface area contributed by atoms with E-state index < -0.39 is 0 Å². The lowest BCUT2D eigenvalue weighted by Gasteiger charge is -1.91. The Balaban J connectivity index is 1.78. The van der Waals surface area contributed by atoms with Crippen LogP contribution in [0.5, 0.6) is 0 Å². The van der Waals surface area contributed by atoms with E-state index in [1.165, 1.54) is 0 Å². The van der Waals surface area contributed by atoms with Crippen molar-refractivity contribution >= 4 is 11.8 Å². The van der Waals surface area contributed by atoms with Crippen molar-refractivity contribution in [3.63, 3.8) is 0 Å². The summed E-state index contributed by atoms with van der Waals surface area (Å²) in [5, 5.41) is 17.4. The molecule has 2 aromatic rings. The molecule has 2 aromatic heterocycles. The van der Waals surface area contributed by atoms with Crippen LogP contribution in [0.3, 0.4) is 0 Å². The third kappa shape index (κ3) is 2.32. The fourth-order valence-corrected chi connectivity index (χ4v) is 1.73. The number of nitrogens with zero attached hydrogens (tertiary/aromatic N) is 4. The van der Waals surface area contributed by atoms with Crippen molar-refractivity contribution in [3.8, 4) is 0 Å². The van der Waals surface area contributed by atoms with Gasteiger partial charge in [-0.15, -0.1) is 22.0 Å². The molecule has 7 heteroatoms. The van der Waals surface area contributed by atoms with Gasteiger partial charge in [0, 0.05) is 11.8 Å². The summed E-state index contributed by atoms with van der Waals surface area (Å²) in [6.07, 6.45) is 0. The minimum Gasteiger partial charge on any atom is -0.361 e. The largest absolute Gasteiger partial charge is 0.361 e. The Morgan fingerprint density at radius 1 is 1.50 bits per heavy atom. The highest BCUT2D eigenvalue weighted by molar-refractivity contribution is 7.97. The van der Waals surface area contributed by atoms with Gasteiger partial charge in [0.2, 0.25) is 0 Å². The van der Waals surface area contributed by atoms with E-state index in [1.807, 2.05) is 13.0 Å². The molecule has 0 saturated heterocycles. The minimum atomic E-state index is 0.704. The number of aromatic nitrogens is 5. The molecule has 1 N–H and O–H groups in total. The van der Waals surface area contributed by atoms with E-state index in [0.29, 0.717) is 5.82 Å². The predicted molar refractivity (Wildman–Crippen MR) is 50.4 cm³/mol. The molecule has 14 heavy (non-hydrogen) atoms. The SMILES string of the molecule is Cc1cc(CSCc2nn[nH]n2)no1. The summed E-state index contributed by atoms with van der Waals surface area (Å²) in [5.41, 5.74) is 0.941. The Kier molecular flexibility index (Phi) is 2.78. The molecular formula is C7H9N5OS. The number of rotatable bonds is 4. The van der Waals surface area contributed by atoms with Crippen LogP contribution in [0.4, 0.5) is 0 Å². The van der Waals surface area contributed by atoms with Crippen LogP contribution in [-0.2, 0) is 11.5 Å². The van der Waals surface area contributed by atoms with Gasteiger partial charge in [-0.25, -0.2) is 0 Å². The Hall–Kier alpha value is -1.37. The lowest BCUT2D eigenvalue weighted by molar-refractivity contribution is 0.393. The lowest BCUT2D eigenvalue weighted by Crippen LogP contribution is -1.86. The molecule has 0 aromatic carbocycles. The summed E-state index contributed by atoms with van der Waals surface area (Å²) < 4.78 is 4.94. The first kappa shape index (κ1) is 9.20. The van der Waals surface area contributed by atoms with Crippen molar-refractivity contribution in [2.75, 3.05) is 0 Å². The molecule has 0 aliphatic rings. The van der Waals surface area contributed by atoms with E-state index in [-0.39, 0.29) is 0 Å². The Morgan fingerprint density at radius 2 is 2.43 bits per heavy atom. The van der Waals surface area contributed by atoms with Crippen molar-refractivity contribution in [2.24, 2.45) is 0 Å². The summed E-state index contributed by atoms with van der Waals surface area (Å²) >= 11 is 1.67. The van der Waals surface area contributed by atoms with Crippen LogP contribution in [-0.4, -0.2) is 25.8 Å². The Bertz CT molecular complexity index is 384. The zero-order valence-electron chi connectivity index (χ0n) is 7.60. The molecule has 2 heterocycles. The number of nitrogens with one attached hydrogen (secondary N) is 1. The van der Waals surface area contributed by atoms with Crippen molar-refractivity contribution < 1.29 is 4.52 Å². The van der Waals surface area contributed by atoms with Gasteiger partial charge < -0.3 is 4.52 Å². The zero-order valence-corrected chi connectivity index (χ0v) is 8.41. The molecule has 0 aliphatic heterocycles. The normalized spacial score (nSPS) is 10.6. The van der Waals surface area contributed by atoms with Crippen molar-refractivity contribution in [1.29, 1.82) is 0 Å². The highest BCUT2D eigenvalue weighted by Gasteiger charge is 2.02. The van der Waals surface area contributed by atoms with Gasteiger partial charge in [0.25, 0.3) is 0 Å². The van der Waals surface area contributed by atoms with Gasteiger partial charge in [-0.05, 0) is 6.92 Å². The van der Waals surface area contributed by atoms with Crippen molar-refractivity contribution in [3.05, 3.63) is 23.3 Å². The third-order valence-corrected chi connectivity index (χ3v) is 2.51. The van der Waals surface area contributed by atoms with Crippen LogP contribution in [0, 0.1) is 6.92 Å². The number of hydrogen-bond acceptors (Lipinski definition) is 6. The van der Waals surface area contributed by atoms with E-state index in [2.05, 4.69) is 25.8 Å². The molecule has 0 radical (unpaired) electrons. The molecule has 74 valence electrons. The number of tetrazole rings is 1. The molecule has 0 spiro atoms. The second kappa shape index (κ2) is 4.23. The summed E-state index contributed by atoms with van der Waals surface area (Å²) in [6, 6.07) is 1.92. The van der Waals surface area contributed by atoms with Crippen molar-refractivity contribution in [2.45, 2.75) is 18.4 Å². The number of thioether (sulfide) groups is 1. The Labute approximate surface area is 84.4 Å². The molecular weight excluding hydrogens is 202 g/mol. The van der Waals surface area contributed by atoms with Gasteiger partial charge in [-0.1, -0.05) is 10.4 Å². The zero-order chi connectivity index (χ0) is 9.80. The maximum Gasteiger partial charge on any atom is 0.184 e. The predicted octanol–water partition coefficient (Wildman–Crippen LogP) is 0.930. The maximum absolute atomic E-state index is 4.94. The third-order valence-electron chi connectivity index (χ3n) is 1.55. The molecule has 0 fully saturated rings. The van der Waals surface area contributed by atoms with E-state index in [1.54, 1.807) is 11.8 Å². The van der Waals surface area contributed by atoms with Crippen LogP contribution in [0.2, 0.25) is 0 Å². The van der Waals surface area contributed by atoms with Crippen molar-refractivity contribution in [1.82, 2.24) is 25.8 Å². The van der Waals surface area contributed by atoms with Gasteiger partial charge in [0.05, 0.1) is 11.4 Å². The molecule has 0 aliphatic carbocycles. The fraction of sp³-hybridized carbons (Fsp3) is 0.429. The first-order valence-electron chi connectivity index (χ1n) is 4.07. The lowest BCUT2D eigenvalue weighted by atomic mass is 10.4. The highest BCUT2D eigenvalue weighted by atomic mass is 32.2. The smallest absolute Gasteiger partial charge is 0.184 e. The molecule has 0 unspecified atom stereocenters. The standard InChI is InChI=1S/C7H9N5OS/c1-5-2-6(10-13-5)3-14-4-7-8-11-12-9-7/h2H,3-4H2,1H3,(H,8,9,11,12). The number of aromatic amines is 1. The average molecular weight is 211 g/mol. The van der Waals surface area contributed by atoms with Crippen LogP contribution in [0.15, 0.2) is 10.6 Å². The van der Waals surface area contributed by atoms with E-state index in [4.69, 9.17) is 4.52 Å². The quantitative estimate of drug-likeness (QED) is 0.810. The summed E-state index contributed by atoms with van der Waals surface area (Å²) in [4.78, 5) is 0. The monoisotopic (exact) mass is 211 g/mol. The first-order chi connectivity index (χ1) is 6.84. The molecule has 6 nitrogen and oxygen atoms in total. The second-order valence-electron chi connectivity index (χ2n) is 2.75. The van der Waals surface area contributed by atoms with E-state index >= 15 is 0 Å². The highest BCUT2D eigenvalue weighted by Crippen LogP contribution is 2.14. The van der Waals surface area contributed by atoms with Gasteiger partial charge in [0.15, 0.2) is 5.82 Å². The summed E-state index contributed by atoms with van der Waals surface area (Å²) in [5.74, 6) is 3.06. The van der Waals surface area contributed by atoms with Crippen LogP contribution in [0.25, 0.3) is 0 Å². The van der Waals surface area contributed by atoms with Gasteiger partial charge in [-0.3, -0.25) is 0 Å². The van der Waals surface area contributed by atoms with Gasteiger partial charge in [0.1, 0.15) is 5.76 Å². The summed E-state index contributed by atoms with van der Waals surface area (Å²) in [7, 11) is 0. The first-order valence-corrected chi connectivity index (χ1v) is 5.22. The molecule has 0 amide bonds. The van der Waals surface area contributed by atoms with Crippen LogP contribution < -0.4 is 0 Å². The fourth-order valence-electron chi connectivity index (χ4n) is 0.977. The molecule has 0 bridgehead atoms. The number of H-pyrrole nitrogens is 1. The average Bonchev–Trinajstić information content (AvgIpc) is 2.77. The molecule has 2 rings (SSSR count). The molecule has 0 atom stereocenters. The number of hydrogen-bond donors (Lipinski definition) is 1. The van der Waals surface area contributed by atoms with Gasteiger partial charge >= 0.3 is 0 Å². The minimum absolute atomic E-state index is 0.704. The topological polar surface area (TPSA) is 80.5 Å². The summed E-state index contributed by atoms with van der Waals surface area (Å²) in [6.45, 7) is 1.88. The van der Waals surface area contributed by atoms with Crippen LogP contribution in [0.1, 0.15) is 17.3 Å². The van der Waals surface area contributed by atoms with Gasteiger partial charge in [-0.2, -0.15) is 5.21 Å². The van der Waals surface area contributed by atoms with E-state index in [9.17, 15) is 0 Å². The molecule has 0 saturated carbocycles. The second-order valence-corrected chi connectivity index (χ2v) is 3.74. The Morgan fingerprint density at radius 3 is 3.07 bits per heavy atom. The number of aryl methyl sites for hydroxylation is 1. The maximum atomic E-state index is 4.94. The van der Waals surface area contributed by atoms with E-state index in [0.717, 1.165) is 23.0 Å².